The standard InChI is InChI=1S/C14H19BrN2OS/c1-10(2)5-4-7-18-14-12(15)9-13(11(3)17-14)16-6-8-19/h6,8-10H,4-5,7H2,1-3H3. The SMILES string of the molecule is Cc1nc(OCCCC(C)C)c(Br)cc1N=CC=S. The van der Waals surface area contributed by atoms with Crippen LogP contribution in [0.2, 0.25) is 0 Å². The Bertz CT molecular complexity index is 461. The summed E-state index contributed by atoms with van der Waals surface area (Å²) >= 11 is 8.17. The van der Waals surface area contributed by atoms with E-state index in [1.807, 2.05) is 13.0 Å². The topological polar surface area (TPSA) is 34.5 Å². The zero-order chi connectivity index (χ0) is 14.3. The van der Waals surface area contributed by atoms with Crippen molar-refractivity contribution in [2.45, 2.75) is 33.6 Å². The van der Waals surface area contributed by atoms with Crippen molar-refractivity contribution in [1.82, 2.24) is 4.98 Å². The molecular weight excluding hydrogens is 324 g/mol. The molecule has 0 radical (unpaired) electrons. The fourth-order valence-corrected chi connectivity index (χ4v) is 2.03. The lowest BCUT2D eigenvalue weighted by Gasteiger charge is -2.10. The first-order valence-corrected chi connectivity index (χ1v) is 7.58. The minimum atomic E-state index is 0.627. The van der Waals surface area contributed by atoms with Crippen LogP contribution < -0.4 is 4.74 Å². The number of ether oxygens (including phenoxy) is 1. The molecule has 0 aromatic carbocycles. The number of nitrogens with zero attached hydrogens (tertiary/aromatic N) is 2. The van der Waals surface area contributed by atoms with Crippen molar-refractivity contribution in [3.05, 3.63) is 16.2 Å². The molecule has 0 aliphatic rings. The van der Waals surface area contributed by atoms with E-state index in [1.54, 1.807) is 6.21 Å². The summed E-state index contributed by atoms with van der Waals surface area (Å²) in [6.45, 7) is 7.01. The summed E-state index contributed by atoms with van der Waals surface area (Å²) < 4.78 is 6.51. The molecule has 0 atom stereocenters. The van der Waals surface area contributed by atoms with Crippen LogP contribution in [0.4, 0.5) is 5.69 Å². The predicted molar refractivity (Wildman–Crippen MR) is 88.0 cm³/mol. The van der Waals surface area contributed by atoms with Gasteiger partial charge in [-0.25, -0.2) is 4.98 Å². The molecule has 104 valence electrons. The first kappa shape index (κ1) is 16.2. The van der Waals surface area contributed by atoms with Crippen LogP contribution in [-0.4, -0.2) is 23.2 Å². The van der Waals surface area contributed by atoms with E-state index in [-0.39, 0.29) is 0 Å². The molecule has 5 heteroatoms. The molecule has 1 heterocycles. The Morgan fingerprint density at radius 1 is 1.53 bits per heavy atom. The maximum atomic E-state index is 5.69. The molecule has 0 amide bonds. The van der Waals surface area contributed by atoms with Crippen LogP contribution >= 0.6 is 28.1 Å². The number of aromatic nitrogens is 1. The number of aliphatic imine (C=N–C) groups is 1. The van der Waals surface area contributed by atoms with E-state index in [0.717, 1.165) is 28.7 Å². The van der Waals surface area contributed by atoms with Gasteiger partial charge in [-0.1, -0.05) is 26.1 Å². The number of aryl methyl sites for hydroxylation is 1. The molecule has 1 rings (SSSR count). The summed E-state index contributed by atoms with van der Waals surface area (Å²) in [6.07, 6.45) is 3.78. The van der Waals surface area contributed by atoms with Gasteiger partial charge in [-0.15, -0.1) is 0 Å². The highest BCUT2D eigenvalue weighted by Crippen LogP contribution is 2.29. The Labute approximate surface area is 128 Å². The van der Waals surface area contributed by atoms with Gasteiger partial charge in [0, 0.05) is 11.6 Å². The van der Waals surface area contributed by atoms with Gasteiger partial charge in [-0.3, -0.25) is 4.99 Å². The molecular formula is C14H19BrN2OS. The van der Waals surface area contributed by atoms with Crippen LogP contribution in [-0.2, 0) is 0 Å². The summed E-state index contributed by atoms with van der Waals surface area (Å²) in [6, 6.07) is 1.90. The summed E-state index contributed by atoms with van der Waals surface area (Å²) in [4.78, 5) is 8.62. The Hall–Kier alpha value is -0.810. The molecule has 0 bridgehead atoms. The molecule has 0 saturated heterocycles. The normalized spacial score (nSPS) is 11.2. The average Bonchev–Trinajstić information content (AvgIpc) is 2.36. The molecule has 19 heavy (non-hydrogen) atoms. The quantitative estimate of drug-likeness (QED) is 0.410. The highest BCUT2D eigenvalue weighted by Gasteiger charge is 2.08. The second kappa shape index (κ2) is 8.38. The number of hydrogen-bond acceptors (Lipinski definition) is 4. The number of hydrogen-bond donors (Lipinski definition) is 0. The predicted octanol–water partition coefficient (Wildman–Crippen LogP) is 4.67. The van der Waals surface area contributed by atoms with E-state index >= 15 is 0 Å². The summed E-state index contributed by atoms with van der Waals surface area (Å²) in [5, 5.41) is 1.48. The maximum Gasteiger partial charge on any atom is 0.228 e. The Morgan fingerprint density at radius 2 is 2.26 bits per heavy atom. The van der Waals surface area contributed by atoms with Gasteiger partial charge in [0.2, 0.25) is 5.88 Å². The minimum absolute atomic E-state index is 0.627. The lowest BCUT2D eigenvalue weighted by Crippen LogP contribution is -2.02. The van der Waals surface area contributed by atoms with Gasteiger partial charge in [-0.2, -0.15) is 0 Å². The van der Waals surface area contributed by atoms with E-state index in [4.69, 9.17) is 17.0 Å². The van der Waals surface area contributed by atoms with Crippen molar-refractivity contribution in [3.63, 3.8) is 0 Å². The number of thiocarbonyl (C=S) groups is 1. The average molecular weight is 343 g/mol. The number of halogens is 1. The zero-order valence-electron chi connectivity index (χ0n) is 11.5. The third-order valence-electron chi connectivity index (χ3n) is 2.55. The van der Waals surface area contributed by atoms with Crippen molar-refractivity contribution in [2.24, 2.45) is 10.9 Å². The zero-order valence-corrected chi connectivity index (χ0v) is 13.9. The van der Waals surface area contributed by atoms with Gasteiger partial charge in [-0.05, 0) is 47.7 Å². The Balaban J connectivity index is 2.67. The van der Waals surface area contributed by atoms with Gasteiger partial charge in [0.1, 0.15) is 0 Å². The highest BCUT2D eigenvalue weighted by atomic mass is 79.9. The van der Waals surface area contributed by atoms with Crippen LogP contribution in [0.25, 0.3) is 0 Å². The van der Waals surface area contributed by atoms with Crippen LogP contribution in [0.5, 0.6) is 5.88 Å². The van der Waals surface area contributed by atoms with Gasteiger partial charge < -0.3 is 4.74 Å². The van der Waals surface area contributed by atoms with Crippen LogP contribution in [0.15, 0.2) is 15.5 Å². The molecule has 0 unspecified atom stereocenters. The number of rotatable bonds is 7. The maximum absolute atomic E-state index is 5.69. The van der Waals surface area contributed by atoms with Gasteiger partial charge in [0.25, 0.3) is 0 Å². The van der Waals surface area contributed by atoms with Crippen molar-refractivity contribution in [3.8, 4) is 5.88 Å². The third kappa shape index (κ3) is 5.78. The van der Waals surface area contributed by atoms with E-state index in [9.17, 15) is 0 Å². The van der Waals surface area contributed by atoms with E-state index in [2.05, 4.69) is 39.8 Å². The smallest absolute Gasteiger partial charge is 0.228 e. The van der Waals surface area contributed by atoms with Gasteiger partial charge in [0.05, 0.1) is 22.5 Å². The van der Waals surface area contributed by atoms with Crippen LogP contribution in [0.1, 0.15) is 32.4 Å². The molecule has 0 aliphatic carbocycles. The molecule has 0 aliphatic heterocycles. The van der Waals surface area contributed by atoms with Crippen LogP contribution in [0.3, 0.4) is 0 Å². The van der Waals surface area contributed by atoms with Crippen molar-refractivity contribution in [1.29, 1.82) is 0 Å². The molecule has 1 aromatic heterocycles. The van der Waals surface area contributed by atoms with Crippen molar-refractivity contribution in [2.75, 3.05) is 6.61 Å². The van der Waals surface area contributed by atoms with Gasteiger partial charge in [0.15, 0.2) is 0 Å². The number of pyridine rings is 1. The Morgan fingerprint density at radius 3 is 2.89 bits per heavy atom. The molecule has 1 aromatic rings. The van der Waals surface area contributed by atoms with E-state index in [1.165, 1.54) is 5.37 Å². The molecule has 0 N–H and O–H groups in total. The molecule has 3 nitrogen and oxygen atoms in total. The Kier molecular flexibility index (Phi) is 7.16. The summed E-state index contributed by atoms with van der Waals surface area (Å²) in [7, 11) is 0. The fourth-order valence-electron chi connectivity index (χ4n) is 1.55. The minimum Gasteiger partial charge on any atom is -0.477 e. The van der Waals surface area contributed by atoms with E-state index in [0.29, 0.717) is 18.4 Å². The van der Waals surface area contributed by atoms with E-state index < -0.39 is 0 Å². The first-order valence-electron chi connectivity index (χ1n) is 6.32. The molecule has 0 fully saturated rings. The fraction of sp³-hybridized carbons (Fsp3) is 0.500. The highest BCUT2D eigenvalue weighted by molar-refractivity contribution is 9.10. The molecule has 0 spiro atoms. The lowest BCUT2D eigenvalue weighted by molar-refractivity contribution is 0.285. The van der Waals surface area contributed by atoms with Crippen LogP contribution in [0, 0.1) is 12.8 Å². The second-order valence-corrected chi connectivity index (χ2v) is 5.81. The molecule has 0 saturated carbocycles. The first-order chi connectivity index (χ1) is 9.04. The van der Waals surface area contributed by atoms with Crippen molar-refractivity contribution >= 4 is 45.4 Å². The lowest BCUT2D eigenvalue weighted by atomic mass is 10.1. The summed E-state index contributed by atoms with van der Waals surface area (Å²) in [5.41, 5.74) is 1.62. The van der Waals surface area contributed by atoms with Crippen molar-refractivity contribution < 1.29 is 4.74 Å². The summed E-state index contributed by atoms with van der Waals surface area (Å²) in [5.74, 6) is 1.33. The largest absolute Gasteiger partial charge is 0.477 e. The monoisotopic (exact) mass is 342 g/mol. The van der Waals surface area contributed by atoms with Gasteiger partial charge >= 0.3 is 0 Å². The third-order valence-corrected chi connectivity index (χ3v) is 3.24. The second-order valence-electron chi connectivity index (χ2n) is 4.68.